The molecular weight excluding hydrogens is 246 g/mol. The highest BCUT2D eigenvalue weighted by molar-refractivity contribution is 7.89. The second-order valence-electron chi connectivity index (χ2n) is 3.60. The van der Waals surface area contributed by atoms with Crippen molar-refractivity contribution in [1.82, 2.24) is 15.5 Å². The molecule has 0 radical (unpaired) electrons. The van der Waals surface area contributed by atoms with Gasteiger partial charge in [-0.05, 0) is 20.4 Å². The molecule has 0 aliphatic carbocycles. The standard InChI is InChI=1S/C8H17N5O3S/c1-6(10-2)7-12-13-8(16-7)11-4-3-5-17(9,14)15/h6,10H,3-5H2,1-2H3,(H,11,13)(H2,9,14,15). The third-order valence-electron chi connectivity index (χ3n) is 2.13. The van der Waals surface area contributed by atoms with Gasteiger partial charge >= 0.3 is 6.01 Å². The number of nitrogens with two attached hydrogens (primary N) is 1. The van der Waals surface area contributed by atoms with Gasteiger partial charge in [-0.15, -0.1) is 5.10 Å². The van der Waals surface area contributed by atoms with Gasteiger partial charge in [-0.25, -0.2) is 13.6 Å². The van der Waals surface area contributed by atoms with Crippen LogP contribution in [0.3, 0.4) is 0 Å². The average Bonchev–Trinajstić information content (AvgIpc) is 2.70. The number of hydrogen-bond acceptors (Lipinski definition) is 7. The lowest BCUT2D eigenvalue weighted by molar-refractivity contribution is 0.441. The summed E-state index contributed by atoms with van der Waals surface area (Å²) in [4.78, 5) is 0. The molecule has 4 N–H and O–H groups in total. The number of sulfonamides is 1. The molecule has 1 aromatic rings. The van der Waals surface area contributed by atoms with E-state index in [1.165, 1.54) is 0 Å². The van der Waals surface area contributed by atoms with Crippen LogP contribution >= 0.6 is 0 Å². The normalized spacial score (nSPS) is 13.6. The van der Waals surface area contributed by atoms with E-state index < -0.39 is 10.0 Å². The Hall–Kier alpha value is -1.19. The molecule has 0 aliphatic heterocycles. The Bertz CT molecular complexity index is 444. The predicted octanol–water partition coefficient (Wildman–Crippen LogP) is -0.559. The Morgan fingerprint density at radius 3 is 2.76 bits per heavy atom. The molecule has 9 heteroatoms. The van der Waals surface area contributed by atoms with Gasteiger partial charge in [0.05, 0.1) is 11.8 Å². The molecule has 8 nitrogen and oxygen atoms in total. The van der Waals surface area contributed by atoms with Gasteiger partial charge in [0, 0.05) is 6.54 Å². The summed E-state index contributed by atoms with van der Waals surface area (Å²) in [6.07, 6.45) is 0.387. The van der Waals surface area contributed by atoms with E-state index in [1.807, 2.05) is 6.92 Å². The summed E-state index contributed by atoms with van der Waals surface area (Å²) < 4.78 is 26.6. The van der Waals surface area contributed by atoms with Crippen molar-refractivity contribution in [2.45, 2.75) is 19.4 Å². The van der Waals surface area contributed by atoms with Crippen molar-refractivity contribution in [2.24, 2.45) is 5.14 Å². The van der Waals surface area contributed by atoms with Crippen molar-refractivity contribution in [1.29, 1.82) is 0 Å². The van der Waals surface area contributed by atoms with Crippen LogP contribution in [0, 0.1) is 0 Å². The number of nitrogens with one attached hydrogen (secondary N) is 2. The zero-order chi connectivity index (χ0) is 12.9. The van der Waals surface area contributed by atoms with E-state index in [1.54, 1.807) is 7.05 Å². The smallest absolute Gasteiger partial charge is 0.315 e. The van der Waals surface area contributed by atoms with Crippen LogP contribution in [0.1, 0.15) is 25.3 Å². The maximum atomic E-state index is 10.7. The Balaban J connectivity index is 2.35. The van der Waals surface area contributed by atoms with Gasteiger partial charge < -0.3 is 15.1 Å². The first-order valence-corrected chi connectivity index (χ1v) is 6.89. The van der Waals surface area contributed by atoms with Crippen LogP contribution in [0.15, 0.2) is 4.42 Å². The van der Waals surface area contributed by atoms with E-state index in [9.17, 15) is 8.42 Å². The maximum Gasteiger partial charge on any atom is 0.315 e. The predicted molar refractivity (Wildman–Crippen MR) is 62.9 cm³/mol. The lowest BCUT2D eigenvalue weighted by Gasteiger charge is -2.03. The van der Waals surface area contributed by atoms with Crippen LogP contribution in [0.4, 0.5) is 6.01 Å². The van der Waals surface area contributed by atoms with Gasteiger partial charge in [0.1, 0.15) is 0 Å². The largest absolute Gasteiger partial charge is 0.406 e. The number of aromatic nitrogens is 2. The molecule has 0 amide bonds. The second-order valence-corrected chi connectivity index (χ2v) is 5.34. The molecule has 0 fully saturated rings. The van der Waals surface area contributed by atoms with E-state index in [-0.39, 0.29) is 17.8 Å². The molecule has 1 heterocycles. The first kappa shape index (κ1) is 13.9. The summed E-state index contributed by atoms with van der Waals surface area (Å²) in [5, 5.41) is 18.3. The summed E-state index contributed by atoms with van der Waals surface area (Å²) in [7, 11) is -1.62. The van der Waals surface area contributed by atoms with E-state index in [0.717, 1.165) is 0 Å². The molecule has 0 aliphatic rings. The van der Waals surface area contributed by atoms with Crippen molar-refractivity contribution in [3.8, 4) is 0 Å². The number of hydrogen-bond donors (Lipinski definition) is 3. The van der Waals surface area contributed by atoms with Crippen LogP contribution in [0.25, 0.3) is 0 Å². The SMILES string of the molecule is CNC(C)c1nnc(NCCCS(N)(=O)=O)o1. The van der Waals surface area contributed by atoms with Crippen LogP contribution < -0.4 is 15.8 Å². The highest BCUT2D eigenvalue weighted by Crippen LogP contribution is 2.12. The lowest BCUT2D eigenvalue weighted by atomic mass is 10.3. The van der Waals surface area contributed by atoms with Gasteiger partial charge in [0.2, 0.25) is 15.9 Å². The third kappa shape index (κ3) is 5.11. The quantitative estimate of drug-likeness (QED) is 0.563. The van der Waals surface area contributed by atoms with E-state index in [4.69, 9.17) is 9.56 Å². The maximum absolute atomic E-state index is 10.7. The van der Waals surface area contributed by atoms with Gasteiger partial charge in [0.25, 0.3) is 0 Å². The first-order valence-electron chi connectivity index (χ1n) is 5.17. The molecule has 17 heavy (non-hydrogen) atoms. The summed E-state index contributed by atoms with van der Waals surface area (Å²) in [5.41, 5.74) is 0. The van der Waals surface area contributed by atoms with Crippen molar-refractivity contribution in [2.75, 3.05) is 24.7 Å². The Morgan fingerprint density at radius 1 is 1.47 bits per heavy atom. The molecule has 0 saturated carbocycles. The zero-order valence-electron chi connectivity index (χ0n) is 9.80. The number of anilines is 1. The van der Waals surface area contributed by atoms with Crippen LogP contribution in [0.2, 0.25) is 0 Å². The van der Waals surface area contributed by atoms with Crippen molar-refractivity contribution in [3.05, 3.63) is 5.89 Å². The fourth-order valence-electron chi connectivity index (χ4n) is 1.07. The Morgan fingerprint density at radius 2 is 2.18 bits per heavy atom. The monoisotopic (exact) mass is 263 g/mol. The Kier molecular flexibility index (Phi) is 4.85. The summed E-state index contributed by atoms with van der Waals surface area (Å²) in [6, 6.07) is 0.249. The molecule has 1 unspecified atom stereocenters. The summed E-state index contributed by atoms with van der Waals surface area (Å²) >= 11 is 0. The molecular formula is C8H17N5O3S. The molecule has 1 rings (SSSR count). The van der Waals surface area contributed by atoms with Gasteiger partial charge in [-0.2, -0.15) is 0 Å². The number of primary sulfonamides is 1. The third-order valence-corrected chi connectivity index (χ3v) is 2.98. The molecule has 1 aromatic heterocycles. The topological polar surface area (TPSA) is 123 Å². The average molecular weight is 263 g/mol. The van der Waals surface area contributed by atoms with Gasteiger partial charge in [-0.3, -0.25) is 0 Å². The highest BCUT2D eigenvalue weighted by Gasteiger charge is 2.11. The zero-order valence-corrected chi connectivity index (χ0v) is 10.6. The molecule has 0 aromatic carbocycles. The molecule has 98 valence electrons. The van der Waals surface area contributed by atoms with E-state index in [2.05, 4.69) is 20.8 Å². The number of nitrogens with zero attached hydrogens (tertiary/aromatic N) is 2. The Labute approximate surface area is 100 Å². The number of rotatable bonds is 7. The van der Waals surface area contributed by atoms with E-state index in [0.29, 0.717) is 18.9 Å². The molecule has 1 atom stereocenters. The second kappa shape index (κ2) is 5.94. The first-order chi connectivity index (χ1) is 7.92. The summed E-state index contributed by atoms with van der Waals surface area (Å²) in [5.74, 6) is 0.398. The van der Waals surface area contributed by atoms with Gasteiger partial charge in [0.15, 0.2) is 0 Å². The van der Waals surface area contributed by atoms with Crippen LogP contribution in [-0.2, 0) is 10.0 Å². The molecule has 0 bridgehead atoms. The summed E-state index contributed by atoms with van der Waals surface area (Å²) in [6.45, 7) is 2.30. The lowest BCUT2D eigenvalue weighted by Crippen LogP contribution is -2.18. The van der Waals surface area contributed by atoms with Crippen molar-refractivity contribution in [3.63, 3.8) is 0 Å². The minimum Gasteiger partial charge on any atom is -0.406 e. The minimum absolute atomic E-state index is 0.0255. The minimum atomic E-state index is -3.41. The fourth-order valence-corrected chi connectivity index (χ4v) is 1.62. The highest BCUT2D eigenvalue weighted by atomic mass is 32.2. The molecule has 0 saturated heterocycles. The molecule has 0 spiro atoms. The fraction of sp³-hybridized carbons (Fsp3) is 0.750. The van der Waals surface area contributed by atoms with E-state index >= 15 is 0 Å². The van der Waals surface area contributed by atoms with Crippen molar-refractivity contribution < 1.29 is 12.8 Å². The van der Waals surface area contributed by atoms with Crippen LogP contribution in [0.5, 0.6) is 0 Å². The van der Waals surface area contributed by atoms with Crippen molar-refractivity contribution >= 4 is 16.0 Å². The van der Waals surface area contributed by atoms with Crippen LogP contribution in [-0.4, -0.2) is 38.0 Å². The van der Waals surface area contributed by atoms with Gasteiger partial charge in [-0.1, -0.05) is 5.10 Å².